The third-order valence-corrected chi connectivity index (χ3v) is 7.20. The fraction of sp³-hybridized carbons (Fsp3) is 0.235. The van der Waals surface area contributed by atoms with Crippen LogP contribution in [0.1, 0.15) is 0 Å². The Labute approximate surface area is 160 Å². The number of benzene rings is 2. The van der Waals surface area contributed by atoms with E-state index in [1.165, 1.54) is 38.1 Å². The molecule has 0 radical (unpaired) electrons. The molecule has 0 aliphatic rings. The molecule has 2 aromatic carbocycles. The minimum absolute atomic E-state index is 0.139. The summed E-state index contributed by atoms with van der Waals surface area (Å²) in [6.45, 7) is 0.303. The Morgan fingerprint density at radius 3 is 2.62 bits per heavy atom. The first-order valence-corrected chi connectivity index (χ1v) is 11.0. The summed E-state index contributed by atoms with van der Waals surface area (Å²) in [6.07, 6.45) is 0. The highest BCUT2D eigenvalue weighted by atomic mass is 32.2. The van der Waals surface area contributed by atoms with Crippen molar-refractivity contribution in [2.45, 2.75) is 9.24 Å². The average molecular weight is 411 g/mol. The van der Waals surface area contributed by atoms with Crippen molar-refractivity contribution in [1.82, 2.24) is 9.71 Å². The fourth-order valence-corrected chi connectivity index (χ4v) is 5.46. The zero-order chi connectivity index (χ0) is 18.6. The Hall–Kier alpha value is -1.81. The lowest BCUT2D eigenvalue weighted by molar-refractivity contribution is 0.354. The van der Waals surface area contributed by atoms with Crippen LogP contribution < -0.4 is 14.2 Å². The molecule has 1 heterocycles. The summed E-state index contributed by atoms with van der Waals surface area (Å²) in [5.74, 6) is 1.45. The van der Waals surface area contributed by atoms with Crippen molar-refractivity contribution < 1.29 is 17.9 Å². The van der Waals surface area contributed by atoms with Crippen LogP contribution in [-0.2, 0) is 10.0 Å². The van der Waals surface area contributed by atoms with Crippen LogP contribution in [-0.4, -0.2) is 39.9 Å². The van der Waals surface area contributed by atoms with E-state index in [0.717, 1.165) is 14.6 Å². The van der Waals surface area contributed by atoms with Crippen LogP contribution in [0, 0.1) is 0 Å². The number of hydrogen-bond acceptors (Lipinski definition) is 7. The molecule has 26 heavy (non-hydrogen) atoms. The molecule has 6 nitrogen and oxygen atoms in total. The summed E-state index contributed by atoms with van der Waals surface area (Å²) in [5, 5.41) is 0. The van der Waals surface area contributed by atoms with Gasteiger partial charge >= 0.3 is 0 Å². The second kappa shape index (κ2) is 8.26. The van der Waals surface area contributed by atoms with E-state index in [4.69, 9.17) is 9.47 Å². The van der Waals surface area contributed by atoms with Crippen LogP contribution >= 0.6 is 23.1 Å². The van der Waals surface area contributed by atoms with Crippen molar-refractivity contribution in [3.63, 3.8) is 0 Å². The Morgan fingerprint density at radius 1 is 1.12 bits per heavy atom. The van der Waals surface area contributed by atoms with Crippen LogP contribution in [0.5, 0.6) is 11.5 Å². The van der Waals surface area contributed by atoms with Crippen molar-refractivity contribution >= 4 is 43.3 Å². The number of thioether (sulfide) groups is 1. The first kappa shape index (κ1) is 19.0. The third kappa shape index (κ3) is 4.29. The van der Waals surface area contributed by atoms with Gasteiger partial charge in [0.2, 0.25) is 10.0 Å². The molecule has 9 heteroatoms. The quantitative estimate of drug-likeness (QED) is 0.453. The average Bonchev–Trinajstić information content (AvgIpc) is 3.07. The molecule has 0 unspecified atom stereocenters. The molecule has 0 saturated heterocycles. The molecule has 1 N–H and O–H groups in total. The molecule has 0 amide bonds. The van der Waals surface area contributed by atoms with Crippen molar-refractivity contribution in [1.29, 1.82) is 0 Å². The summed E-state index contributed by atoms with van der Waals surface area (Å²) in [7, 11) is -0.641. The SMILES string of the molecule is COc1ccc(S(=O)(=O)NCCSc2nc3ccccc3s2)cc1OC. The van der Waals surface area contributed by atoms with Crippen molar-refractivity contribution in [3.05, 3.63) is 42.5 Å². The second-order valence-corrected chi connectivity index (χ2v) is 9.35. The van der Waals surface area contributed by atoms with Crippen molar-refractivity contribution in [2.24, 2.45) is 0 Å². The Bertz CT molecular complexity index is 969. The van der Waals surface area contributed by atoms with Crippen LogP contribution in [0.25, 0.3) is 10.2 Å². The van der Waals surface area contributed by atoms with Crippen LogP contribution in [0.4, 0.5) is 0 Å². The van der Waals surface area contributed by atoms with Gasteiger partial charge in [0.25, 0.3) is 0 Å². The smallest absolute Gasteiger partial charge is 0.240 e. The maximum atomic E-state index is 12.4. The maximum Gasteiger partial charge on any atom is 0.240 e. The molecule has 3 aromatic rings. The normalized spacial score (nSPS) is 11.6. The zero-order valence-electron chi connectivity index (χ0n) is 14.3. The molecule has 0 spiro atoms. The second-order valence-electron chi connectivity index (χ2n) is 5.21. The van der Waals surface area contributed by atoms with Gasteiger partial charge in [-0.1, -0.05) is 23.9 Å². The summed E-state index contributed by atoms with van der Waals surface area (Å²) < 4.78 is 39.8. The first-order chi connectivity index (χ1) is 12.5. The van der Waals surface area contributed by atoms with Gasteiger partial charge in [-0.05, 0) is 24.3 Å². The highest BCUT2D eigenvalue weighted by Crippen LogP contribution is 2.30. The number of thiazole rings is 1. The van der Waals surface area contributed by atoms with E-state index in [2.05, 4.69) is 9.71 Å². The standard InChI is InChI=1S/C17H18N2O4S3/c1-22-14-8-7-12(11-15(14)23-2)26(20,21)18-9-10-24-17-19-13-5-3-4-6-16(13)25-17/h3-8,11,18H,9-10H2,1-2H3. The van der Waals surface area contributed by atoms with Gasteiger partial charge in [-0.2, -0.15) is 0 Å². The molecule has 138 valence electrons. The number of sulfonamides is 1. The molecule has 0 saturated carbocycles. The van der Waals surface area contributed by atoms with E-state index in [0.29, 0.717) is 23.8 Å². The number of rotatable bonds is 8. The Balaban J connectivity index is 1.59. The number of ether oxygens (including phenoxy) is 2. The Morgan fingerprint density at radius 2 is 1.88 bits per heavy atom. The minimum atomic E-state index is -3.61. The van der Waals surface area contributed by atoms with Gasteiger partial charge < -0.3 is 9.47 Å². The summed E-state index contributed by atoms with van der Waals surface area (Å²) in [6, 6.07) is 12.4. The molecule has 0 aliphatic carbocycles. The van der Waals surface area contributed by atoms with Gasteiger partial charge in [0, 0.05) is 18.4 Å². The monoisotopic (exact) mass is 410 g/mol. The highest BCUT2D eigenvalue weighted by Gasteiger charge is 2.16. The van der Waals surface area contributed by atoms with Gasteiger partial charge in [-0.15, -0.1) is 11.3 Å². The van der Waals surface area contributed by atoms with E-state index in [-0.39, 0.29) is 4.90 Å². The predicted octanol–water partition coefficient (Wildman–Crippen LogP) is 3.38. The van der Waals surface area contributed by atoms with Gasteiger partial charge in [0.05, 0.1) is 29.3 Å². The van der Waals surface area contributed by atoms with Crippen LogP contribution in [0.15, 0.2) is 51.7 Å². The van der Waals surface area contributed by atoms with Gasteiger partial charge in [-0.3, -0.25) is 0 Å². The predicted molar refractivity (Wildman–Crippen MR) is 105 cm³/mol. The number of hydrogen-bond donors (Lipinski definition) is 1. The van der Waals surface area contributed by atoms with Crippen molar-refractivity contribution in [3.8, 4) is 11.5 Å². The van der Waals surface area contributed by atoms with E-state index >= 15 is 0 Å². The topological polar surface area (TPSA) is 77.5 Å². The van der Waals surface area contributed by atoms with Crippen molar-refractivity contribution in [2.75, 3.05) is 26.5 Å². The van der Waals surface area contributed by atoms with E-state index < -0.39 is 10.0 Å². The summed E-state index contributed by atoms with van der Waals surface area (Å²) in [5.41, 5.74) is 0.964. The zero-order valence-corrected chi connectivity index (χ0v) is 16.7. The lowest BCUT2D eigenvalue weighted by Gasteiger charge is -2.10. The molecule has 0 fully saturated rings. The number of para-hydroxylation sites is 1. The number of nitrogens with one attached hydrogen (secondary N) is 1. The molecular formula is C17H18N2O4S3. The molecule has 0 bridgehead atoms. The van der Waals surface area contributed by atoms with Crippen LogP contribution in [0.2, 0.25) is 0 Å². The van der Waals surface area contributed by atoms with Gasteiger partial charge in [0.15, 0.2) is 15.8 Å². The number of nitrogens with zero attached hydrogens (tertiary/aromatic N) is 1. The molecule has 0 atom stereocenters. The summed E-state index contributed by atoms with van der Waals surface area (Å²) >= 11 is 3.14. The first-order valence-electron chi connectivity index (χ1n) is 7.73. The summed E-state index contributed by atoms with van der Waals surface area (Å²) in [4.78, 5) is 4.66. The van der Waals surface area contributed by atoms with Crippen LogP contribution in [0.3, 0.4) is 0 Å². The lowest BCUT2D eigenvalue weighted by Crippen LogP contribution is -2.26. The fourth-order valence-electron chi connectivity index (χ4n) is 2.29. The highest BCUT2D eigenvalue weighted by molar-refractivity contribution is 8.01. The third-order valence-electron chi connectivity index (χ3n) is 3.56. The Kier molecular flexibility index (Phi) is 6.02. The van der Waals surface area contributed by atoms with Gasteiger partial charge in [0.1, 0.15) is 0 Å². The van der Waals surface area contributed by atoms with Gasteiger partial charge in [-0.25, -0.2) is 18.1 Å². The number of aromatic nitrogens is 1. The maximum absolute atomic E-state index is 12.4. The molecular weight excluding hydrogens is 392 g/mol. The largest absolute Gasteiger partial charge is 0.493 e. The number of fused-ring (bicyclic) bond motifs is 1. The van der Waals surface area contributed by atoms with E-state index in [1.54, 1.807) is 17.4 Å². The molecule has 0 aliphatic heterocycles. The molecule has 1 aromatic heterocycles. The molecule has 3 rings (SSSR count). The van der Waals surface area contributed by atoms with E-state index in [1.807, 2.05) is 24.3 Å². The minimum Gasteiger partial charge on any atom is -0.493 e. The number of methoxy groups -OCH3 is 2. The lowest BCUT2D eigenvalue weighted by atomic mass is 10.3. The van der Waals surface area contributed by atoms with E-state index in [9.17, 15) is 8.42 Å².